The molecular weight excluding hydrogens is 254 g/mol. The summed E-state index contributed by atoms with van der Waals surface area (Å²) in [6.45, 7) is 2.80. The predicted molar refractivity (Wildman–Crippen MR) is 69.4 cm³/mol. The van der Waals surface area contributed by atoms with Gasteiger partial charge in [0, 0.05) is 24.5 Å². The number of rotatable bonds is 6. The minimum atomic E-state index is -0.961. The molecule has 18 heavy (non-hydrogen) atoms. The molecule has 0 aliphatic heterocycles. The Bertz CT molecular complexity index is 434. The van der Waals surface area contributed by atoms with Crippen molar-refractivity contribution in [3.05, 3.63) is 34.9 Å². The van der Waals surface area contributed by atoms with Crippen LogP contribution < -0.4 is 0 Å². The van der Waals surface area contributed by atoms with E-state index in [1.165, 1.54) is 0 Å². The Morgan fingerprint density at radius 1 is 1.28 bits per heavy atom. The zero-order chi connectivity index (χ0) is 13.5. The summed E-state index contributed by atoms with van der Waals surface area (Å²) in [7, 11) is 0. The number of benzene rings is 1. The van der Waals surface area contributed by atoms with Crippen LogP contribution in [-0.4, -0.2) is 28.4 Å². The van der Waals surface area contributed by atoms with Gasteiger partial charge in [-0.1, -0.05) is 29.8 Å². The summed E-state index contributed by atoms with van der Waals surface area (Å²) in [4.78, 5) is 23.9. The predicted octanol–water partition coefficient (Wildman–Crippen LogP) is 2.55. The van der Waals surface area contributed by atoms with Crippen molar-refractivity contribution in [2.45, 2.75) is 26.3 Å². The quantitative estimate of drug-likeness (QED) is 0.863. The number of carboxylic acids is 1. The summed E-state index contributed by atoms with van der Waals surface area (Å²) in [6.07, 6.45) is -0.120. The topological polar surface area (TPSA) is 57.6 Å². The molecule has 0 aliphatic carbocycles. The van der Waals surface area contributed by atoms with Gasteiger partial charge in [0.05, 0.1) is 6.42 Å². The van der Waals surface area contributed by atoms with Crippen molar-refractivity contribution in [3.8, 4) is 0 Å². The Hall–Kier alpha value is -1.55. The van der Waals surface area contributed by atoms with E-state index in [4.69, 9.17) is 16.7 Å². The average Bonchev–Trinajstić information content (AvgIpc) is 2.35. The highest BCUT2D eigenvalue weighted by molar-refractivity contribution is 6.31. The van der Waals surface area contributed by atoms with E-state index in [9.17, 15) is 9.59 Å². The molecule has 0 heterocycles. The van der Waals surface area contributed by atoms with Gasteiger partial charge in [-0.05, 0) is 18.6 Å². The first-order chi connectivity index (χ1) is 8.54. The molecule has 1 rings (SSSR count). The van der Waals surface area contributed by atoms with Crippen molar-refractivity contribution >= 4 is 23.5 Å². The average molecular weight is 270 g/mol. The van der Waals surface area contributed by atoms with E-state index in [1.54, 1.807) is 11.0 Å². The van der Waals surface area contributed by atoms with Gasteiger partial charge in [0.25, 0.3) is 0 Å². The van der Waals surface area contributed by atoms with E-state index in [0.717, 1.165) is 5.56 Å². The van der Waals surface area contributed by atoms with Gasteiger partial charge >= 0.3 is 5.97 Å². The Balaban J connectivity index is 2.64. The van der Waals surface area contributed by atoms with Crippen molar-refractivity contribution in [1.29, 1.82) is 0 Å². The lowest BCUT2D eigenvalue weighted by molar-refractivity contribution is -0.141. The Morgan fingerprint density at radius 2 is 1.94 bits per heavy atom. The molecule has 0 radical (unpaired) electrons. The first-order valence-electron chi connectivity index (χ1n) is 5.77. The molecule has 1 aromatic rings. The highest BCUT2D eigenvalue weighted by Gasteiger charge is 2.14. The number of carboxylic acid groups (broad SMARTS) is 1. The zero-order valence-electron chi connectivity index (χ0n) is 10.2. The van der Waals surface area contributed by atoms with Gasteiger partial charge in [-0.2, -0.15) is 0 Å². The molecule has 0 atom stereocenters. The fourth-order valence-electron chi connectivity index (χ4n) is 1.58. The number of hydrogen-bond acceptors (Lipinski definition) is 2. The molecule has 98 valence electrons. The minimum Gasteiger partial charge on any atom is -0.481 e. The van der Waals surface area contributed by atoms with Crippen molar-refractivity contribution in [1.82, 2.24) is 4.90 Å². The van der Waals surface area contributed by atoms with Crippen LogP contribution in [-0.2, 0) is 16.1 Å². The van der Waals surface area contributed by atoms with Crippen LogP contribution in [0.25, 0.3) is 0 Å². The number of halogens is 1. The van der Waals surface area contributed by atoms with Crippen LogP contribution in [0.2, 0.25) is 5.02 Å². The standard InChI is InChI=1S/C13H16ClNO3/c1-2-15(12(16)7-8-13(17)18)9-10-5-3-4-6-11(10)14/h3-6H,2,7-9H2,1H3,(H,17,18). The highest BCUT2D eigenvalue weighted by Crippen LogP contribution is 2.17. The van der Waals surface area contributed by atoms with E-state index in [1.807, 2.05) is 25.1 Å². The maximum absolute atomic E-state index is 11.8. The largest absolute Gasteiger partial charge is 0.481 e. The number of amides is 1. The minimum absolute atomic E-state index is 0.0215. The second-order valence-corrected chi connectivity index (χ2v) is 4.30. The number of carbonyl (C=O) groups is 2. The van der Waals surface area contributed by atoms with Gasteiger partial charge in [0.2, 0.25) is 5.91 Å². The second kappa shape index (κ2) is 7.01. The molecule has 0 saturated carbocycles. The van der Waals surface area contributed by atoms with Gasteiger partial charge < -0.3 is 10.0 Å². The Morgan fingerprint density at radius 3 is 2.50 bits per heavy atom. The fourth-order valence-corrected chi connectivity index (χ4v) is 1.78. The van der Waals surface area contributed by atoms with Gasteiger partial charge in [-0.15, -0.1) is 0 Å². The summed E-state index contributed by atoms with van der Waals surface area (Å²) in [6, 6.07) is 7.31. The lowest BCUT2D eigenvalue weighted by Crippen LogP contribution is -2.30. The molecule has 0 aromatic heterocycles. The monoisotopic (exact) mass is 269 g/mol. The van der Waals surface area contributed by atoms with Crippen LogP contribution in [0, 0.1) is 0 Å². The number of nitrogens with zero attached hydrogens (tertiary/aromatic N) is 1. The van der Waals surface area contributed by atoms with Crippen molar-refractivity contribution in [2.75, 3.05) is 6.54 Å². The maximum Gasteiger partial charge on any atom is 0.303 e. The van der Waals surface area contributed by atoms with E-state index in [2.05, 4.69) is 0 Å². The summed E-state index contributed by atoms with van der Waals surface area (Å²) in [5, 5.41) is 9.17. The molecule has 1 N–H and O–H groups in total. The molecule has 5 heteroatoms. The lowest BCUT2D eigenvalue weighted by atomic mass is 10.2. The van der Waals surface area contributed by atoms with Crippen molar-refractivity contribution in [3.63, 3.8) is 0 Å². The fraction of sp³-hybridized carbons (Fsp3) is 0.385. The zero-order valence-corrected chi connectivity index (χ0v) is 11.0. The second-order valence-electron chi connectivity index (χ2n) is 3.89. The molecular formula is C13H16ClNO3. The maximum atomic E-state index is 11.8. The molecule has 0 fully saturated rings. The SMILES string of the molecule is CCN(Cc1ccccc1Cl)C(=O)CCC(=O)O. The van der Waals surface area contributed by atoms with Crippen LogP contribution >= 0.6 is 11.6 Å². The molecule has 0 bridgehead atoms. The molecule has 0 unspecified atom stereocenters. The van der Waals surface area contributed by atoms with E-state index < -0.39 is 5.97 Å². The summed E-state index contributed by atoms with van der Waals surface area (Å²) in [5.41, 5.74) is 0.865. The number of hydrogen-bond donors (Lipinski definition) is 1. The normalized spacial score (nSPS) is 10.1. The molecule has 4 nitrogen and oxygen atoms in total. The Kier molecular flexibility index (Phi) is 5.65. The third kappa shape index (κ3) is 4.37. The summed E-state index contributed by atoms with van der Waals surface area (Å²) in [5.74, 6) is -1.13. The molecule has 0 aliphatic rings. The lowest BCUT2D eigenvalue weighted by Gasteiger charge is -2.21. The third-order valence-electron chi connectivity index (χ3n) is 2.61. The Labute approximate surface area is 111 Å². The molecule has 1 aromatic carbocycles. The first-order valence-corrected chi connectivity index (χ1v) is 6.15. The van der Waals surface area contributed by atoms with Crippen LogP contribution in [0.5, 0.6) is 0 Å². The van der Waals surface area contributed by atoms with Gasteiger partial charge in [0.15, 0.2) is 0 Å². The number of carbonyl (C=O) groups excluding carboxylic acids is 1. The smallest absolute Gasteiger partial charge is 0.303 e. The van der Waals surface area contributed by atoms with Crippen LogP contribution in [0.3, 0.4) is 0 Å². The molecule has 1 amide bonds. The third-order valence-corrected chi connectivity index (χ3v) is 2.97. The summed E-state index contributed by atoms with van der Waals surface area (Å²) < 4.78 is 0. The van der Waals surface area contributed by atoms with Crippen LogP contribution in [0.15, 0.2) is 24.3 Å². The van der Waals surface area contributed by atoms with Crippen LogP contribution in [0.1, 0.15) is 25.3 Å². The highest BCUT2D eigenvalue weighted by atomic mass is 35.5. The first kappa shape index (κ1) is 14.5. The van der Waals surface area contributed by atoms with E-state index in [-0.39, 0.29) is 18.7 Å². The van der Waals surface area contributed by atoms with Gasteiger partial charge in [-0.25, -0.2) is 0 Å². The summed E-state index contributed by atoms with van der Waals surface area (Å²) >= 11 is 6.03. The van der Waals surface area contributed by atoms with Gasteiger partial charge in [0.1, 0.15) is 0 Å². The molecule has 0 spiro atoms. The van der Waals surface area contributed by atoms with Crippen molar-refractivity contribution < 1.29 is 14.7 Å². The van der Waals surface area contributed by atoms with E-state index >= 15 is 0 Å². The number of aliphatic carboxylic acids is 1. The van der Waals surface area contributed by atoms with Crippen LogP contribution in [0.4, 0.5) is 0 Å². The van der Waals surface area contributed by atoms with Crippen molar-refractivity contribution in [2.24, 2.45) is 0 Å². The van der Waals surface area contributed by atoms with Gasteiger partial charge in [-0.3, -0.25) is 9.59 Å². The molecule has 0 saturated heterocycles. The van der Waals surface area contributed by atoms with E-state index in [0.29, 0.717) is 18.1 Å².